The second-order valence-corrected chi connectivity index (χ2v) is 3.77. The average Bonchev–Trinajstić information content (AvgIpc) is 2.13. The van der Waals surface area contributed by atoms with Crippen LogP contribution < -0.4 is 0 Å². The molecule has 0 amide bonds. The van der Waals surface area contributed by atoms with Gasteiger partial charge in [-0.05, 0) is 13.8 Å². The lowest BCUT2D eigenvalue weighted by Crippen LogP contribution is -2.34. The van der Waals surface area contributed by atoms with E-state index < -0.39 is 23.3 Å². The van der Waals surface area contributed by atoms with Gasteiger partial charge in [-0.15, -0.1) is 0 Å². The maximum Gasteiger partial charge on any atom is 0.331 e. The van der Waals surface area contributed by atoms with Crippen LogP contribution in [-0.2, 0) is 14.3 Å². The second-order valence-electron chi connectivity index (χ2n) is 3.77. The van der Waals surface area contributed by atoms with Gasteiger partial charge in [0.05, 0.1) is 12.5 Å². The number of carbonyl (C=O) groups excluding carboxylic acids is 1. The van der Waals surface area contributed by atoms with Gasteiger partial charge in [0.15, 0.2) is 0 Å². The first-order valence-corrected chi connectivity index (χ1v) is 4.25. The number of carbonyl (C=O) groups is 2. The van der Waals surface area contributed by atoms with E-state index in [2.05, 4.69) is 11.3 Å². The first-order valence-electron chi connectivity index (χ1n) is 4.25. The maximum absolute atomic E-state index is 11.3. The van der Waals surface area contributed by atoms with Crippen molar-refractivity contribution in [1.82, 2.24) is 0 Å². The number of hydrogen-bond donors (Lipinski definition) is 1. The molecule has 0 aliphatic heterocycles. The van der Waals surface area contributed by atoms with Gasteiger partial charge in [0.2, 0.25) is 0 Å². The average molecular weight is 200 g/mol. The maximum atomic E-state index is 11.3. The van der Waals surface area contributed by atoms with Gasteiger partial charge in [0, 0.05) is 11.5 Å². The zero-order valence-electron chi connectivity index (χ0n) is 8.96. The van der Waals surface area contributed by atoms with Crippen LogP contribution in [0, 0.1) is 11.3 Å². The predicted molar refractivity (Wildman–Crippen MR) is 51.7 cm³/mol. The van der Waals surface area contributed by atoms with E-state index in [9.17, 15) is 9.59 Å². The molecule has 0 aliphatic rings. The first kappa shape index (κ1) is 12.7. The molecule has 0 heterocycles. The molecule has 0 saturated carbocycles. The van der Waals surface area contributed by atoms with Crippen molar-refractivity contribution in [3.8, 4) is 0 Å². The molecule has 14 heavy (non-hydrogen) atoms. The third kappa shape index (κ3) is 2.34. The zero-order valence-corrected chi connectivity index (χ0v) is 8.96. The van der Waals surface area contributed by atoms with Gasteiger partial charge in [0.25, 0.3) is 0 Å². The minimum absolute atomic E-state index is 0.0143. The number of carboxylic acids is 1. The Morgan fingerprint density at radius 2 is 1.86 bits per heavy atom. The van der Waals surface area contributed by atoms with Crippen LogP contribution in [0.15, 0.2) is 12.2 Å². The third-order valence-corrected chi connectivity index (χ3v) is 2.59. The van der Waals surface area contributed by atoms with Crippen molar-refractivity contribution in [2.75, 3.05) is 7.11 Å². The van der Waals surface area contributed by atoms with Crippen LogP contribution in [0.2, 0.25) is 0 Å². The van der Waals surface area contributed by atoms with Gasteiger partial charge in [0.1, 0.15) is 0 Å². The van der Waals surface area contributed by atoms with Crippen molar-refractivity contribution in [3.05, 3.63) is 12.2 Å². The number of carboxylic acid groups (broad SMARTS) is 1. The number of ether oxygens (including phenoxy) is 1. The summed E-state index contributed by atoms with van der Waals surface area (Å²) in [6.07, 6.45) is 0. The fraction of sp³-hybridized carbons (Fsp3) is 0.600. The highest BCUT2D eigenvalue weighted by molar-refractivity contribution is 5.88. The molecule has 0 bridgehead atoms. The molecule has 0 aliphatic carbocycles. The second kappa shape index (κ2) is 4.26. The number of aliphatic carboxylic acids is 1. The van der Waals surface area contributed by atoms with Crippen LogP contribution in [0.5, 0.6) is 0 Å². The Morgan fingerprint density at radius 1 is 1.43 bits per heavy atom. The molecule has 0 saturated heterocycles. The summed E-state index contributed by atoms with van der Waals surface area (Å²) >= 11 is 0. The van der Waals surface area contributed by atoms with Crippen molar-refractivity contribution in [3.63, 3.8) is 0 Å². The van der Waals surface area contributed by atoms with Gasteiger partial charge in [-0.2, -0.15) is 0 Å². The van der Waals surface area contributed by atoms with Gasteiger partial charge < -0.3 is 9.84 Å². The Balaban J connectivity index is 4.83. The lowest BCUT2D eigenvalue weighted by Gasteiger charge is -2.28. The third-order valence-electron chi connectivity index (χ3n) is 2.59. The van der Waals surface area contributed by atoms with Crippen LogP contribution in [0.4, 0.5) is 0 Å². The molecule has 0 aromatic heterocycles. The number of esters is 1. The van der Waals surface area contributed by atoms with Crippen molar-refractivity contribution in [1.29, 1.82) is 0 Å². The van der Waals surface area contributed by atoms with E-state index in [1.807, 2.05) is 0 Å². The Bertz CT molecular complexity index is 265. The summed E-state index contributed by atoms with van der Waals surface area (Å²) in [6.45, 7) is 8.35. The predicted octanol–water partition coefficient (Wildman–Crippen LogP) is 1.46. The van der Waals surface area contributed by atoms with E-state index in [4.69, 9.17) is 5.11 Å². The Hall–Kier alpha value is -1.32. The van der Waals surface area contributed by atoms with Crippen molar-refractivity contribution in [2.24, 2.45) is 11.3 Å². The van der Waals surface area contributed by atoms with Crippen LogP contribution in [0.3, 0.4) is 0 Å². The van der Waals surface area contributed by atoms with Crippen molar-refractivity contribution >= 4 is 11.9 Å². The molecule has 0 aromatic carbocycles. The molecule has 0 fully saturated rings. The molecule has 0 rings (SSSR count). The quantitative estimate of drug-likeness (QED) is 0.551. The highest BCUT2D eigenvalue weighted by atomic mass is 16.5. The van der Waals surface area contributed by atoms with E-state index in [-0.39, 0.29) is 5.57 Å². The van der Waals surface area contributed by atoms with E-state index in [0.29, 0.717) is 0 Å². The van der Waals surface area contributed by atoms with Crippen LogP contribution in [0.1, 0.15) is 20.8 Å². The highest BCUT2D eigenvalue weighted by Crippen LogP contribution is 2.32. The van der Waals surface area contributed by atoms with E-state index in [0.717, 1.165) is 0 Å². The van der Waals surface area contributed by atoms with Gasteiger partial charge in [-0.1, -0.05) is 13.5 Å². The Labute approximate surface area is 83.6 Å². The first-order chi connectivity index (χ1) is 6.25. The Kier molecular flexibility index (Phi) is 3.86. The molecule has 4 heteroatoms. The lowest BCUT2D eigenvalue weighted by molar-refractivity contribution is -0.153. The monoisotopic (exact) mass is 200 g/mol. The molecular weight excluding hydrogens is 184 g/mol. The molecule has 1 atom stereocenters. The van der Waals surface area contributed by atoms with Crippen LogP contribution >= 0.6 is 0 Å². The summed E-state index contributed by atoms with van der Waals surface area (Å²) in [5.74, 6) is -1.99. The minimum Gasteiger partial charge on any atom is -0.478 e. The largest absolute Gasteiger partial charge is 0.478 e. The summed E-state index contributed by atoms with van der Waals surface area (Å²) in [4.78, 5) is 22.0. The normalized spacial score (nSPS) is 13.1. The van der Waals surface area contributed by atoms with Gasteiger partial charge in [-0.3, -0.25) is 4.79 Å². The minimum atomic E-state index is -1.09. The van der Waals surface area contributed by atoms with Gasteiger partial charge in [-0.25, -0.2) is 4.79 Å². The summed E-state index contributed by atoms with van der Waals surface area (Å²) in [7, 11) is 1.28. The van der Waals surface area contributed by atoms with Crippen LogP contribution in [-0.4, -0.2) is 24.2 Å². The lowest BCUT2D eigenvalue weighted by atomic mass is 9.76. The van der Waals surface area contributed by atoms with E-state index in [1.165, 1.54) is 7.11 Å². The molecule has 4 nitrogen and oxygen atoms in total. The molecular formula is C10H16O4. The molecule has 0 radical (unpaired) electrons. The standard InChI is InChI=1S/C10H16O4/c1-6(8(11)12)7(2)10(3,4)9(13)14-5/h7H,1H2,2-5H3,(H,11,12). The summed E-state index contributed by atoms with van der Waals surface area (Å²) in [5, 5.41) is 8.72. The highest BCUT2D eigenvalue weighted by Gasteiger charge is 2.38. The zero-order chi connectivity index (χ0) is 11.5. The molecule has 0 spiro atoms. The summed E-state index contributed by atoms with van der Waals surface area (Å²) in [6, 6.07) is 0. The smallest absolute Gasteiger partial charge is 0.331 e. The Morgan fingerprint density at radius 3 is 2.14 bits per heavy atom. The molecule has 1 unspecified atom stereocenters. The summed E-state index contributed by atoms with van der Waals surface area (Å²) in [5.41, 5.74) is -0.857. The van der Waals surface area contributed by atoms with Crippen molar-refractivity contribution < 1.29 is 19.4 Å². The topological polar surface area (TPSA) is 63.6 Å². The number of methoxy groups -OCH3 is 1. The fourth-order valence-corrected chi connectivity index (χ4v) is 1.06. The molecule has 0 aromatic rings. The van der Waals surface area contributed by atoms with E-state index in [1.54, 1.807) is 20.8 Å². The van der Waals surface area contributed by atoms with Gasteiger partial charge >= 0.3 is 11.9 Å². The van der Waals surface area contributed by atoms with E-state index >= 15 is 0 Å². The molecule has 1 N–H and O–H groups in total. The van der Waals surface area contributed by atoms with Crippen LogP contribution in [0.25, 0.3) is 0 Å². The number of hydrogen-bond acceptors (Lipinski definition) is 3. The SMILES string of the molecule is C=C(C(=O)O)C(C)C(C)(C)C(=O)OC. The summed E-state index contributed by atoms with van der Waals surface area (Å²) < 4.78 is 4.59. The number of rotatable bonds is 4. The van der Waals surface area contributed by atoms with Crippen molar-refractivity contribution in [2.45, 2.75) is 20.8 Å². The fourth-order valence-electron chi connectivity index (χ4n) is 1.06. The molecule has 80 valence electrons.